The van der Waals surface area contributed by atoms with E-state index in [4.69, 9.17) is 4.74 Å². The molecule has 0 saturated heterocycles. The van der Waals surface area contributed by atoms with E-state index in [1.807, 2.05) is 0 Å². The molecule has 19 heavy (non-hydrogen) atoms. The highest BCUT2D eigenvalue weighted by atomic mass is 16.5. The summed E-state index contributed by atoms with van der Waals surface area (Å²) in [5.74, 6) is 0.947. The third-order valence-corrected chi connectivity index (χ3v) is 3.65. The quantitative estimate of drug-likeness (QED) is 0.656. The van der Waals surface area contributed by atoms with Gasteiger partial charge in [-0.2, -0.15) is 0 Å². The van der Waals surface area contributed by atoms with Crippen LogP contribution in [0.4, 0.5) is 0 Å². The molecule has 0 amide bonds. The van der Waals surface area contributed by atoms with Gasteiger partial charge in [0.05, 0.1) is 7.11 Å². The zero-order valence-corrected chi connectivity index (χ0v) is 13.0. The van der Waals surface area contributed by atoms with Gasteiger partial charge in [0, 0.05) is 6.04 Å². The zero-order valence-electron chi connectivity index (χ0n) is 13.0. The summed E-state index contributed by atoms with van der Waals surface area (Å²) in [6, 6.07) is 6.89. The number of benzene rings is 1. The SMILES string of the molecule is CCCCCCC(NCC)c1ccc(OC)cc1C. The van der Waals surface area contributed by atoms with Crippen molar-refractivity contribution in [3.8, 4) is 5.75 Å². The smallest absolute Gasteiger partial charge is 0.119 e. The summed E-state index contributed by atoms with van der Waals surface area (Å²) in [6.07, 6.45) is 6.51. The molecule has 1 aromatic carbocycles. The second kappa shape index (κ2) is 8.98. The topological polar surface area (TPSA) is 21.3 Å². The lowest BCUT2D eigenvalue weighted by molar-refractivity contribution is 0.413. The number of aryl methyl sites for hydroxylation is 1. The molecule has 0 spiro atoms. The first kappa shape index (κ1) is 16.0. The van der Waals surface area contributed by atoms with Gasteiger partial charge in [-0.3, -0.25) is 0 Å². The highest BCUT2D eigenvalue weighted by Crippen LogP contribution is 2.26. The van der Waals surface area contributed by atoms with Crippen LogP contribution in [0.3, 0.4) is 0 Å². The maximum atomic E-state index is 5.28. The van der Waals surface area contributed by atoms with Gasteiger partial charge in [0.1, 0.15) is 5.75 Å². The van der Waals surface area contributed by atoms with E-state index < -0.39 is 0 Å². The monoisotopic (exact) mass is 263 g/mol. The van der Waals surface area contributed by atoms with Crippen LogP contribution in [-0.2, 0) is 0 Å². The minimum atomic E-state index is 0.479. The molecule has 0 aromatic heterocycles. The van der Waals surface area contributed by atoms with Crippen LogP contribution in [0.1, 0.15) is 63.1 Å². The molecule has 0 radical (unpaired) electrons. The summed E-state index contributed by atoms with van der Waals surface area (Å²) in [5, 5.41) is 3.61. The number of ether oxygens (including phenoxy) is 1. The summed E-state index contributed by atoms with van der Waals surface area (Å²) in [7, 11) is 1.72. The van der Waals surface area contributed by atoms with Crippen molar-refractivity contribution in [3.05, 3.63) is 29.3 Å². The van der Waals surface area contributed by atoms with Gasteiger partial charge in [0.15, 0.2) is 0 Å². The molecule has 1 rings (SSSR count). The molecule has 1 atom stereocenters. The molecule has 0 aliphatic rings. The Morgan fingerprint density at radius 1 is 1.16 bits per heavy atom. The van der Waals surface area contributed by atoms with Crippen molar-refractivity contribution >= 4 is 0 Å². The number of methoxy groups -OCH3 is 1. The van der Waals surface area contributed by atoms with Gasteiger partial charge in [-0.15, -0.1) is 0 Å². The Kier molecular flexibility index (Phi) is 7.57. The predicted molar refractivity (Wildman–Crippen MR) is 82.9 cm³/mol. The number of hydrogen-bond donors (Lipinski definition) is 1. The van der Waals surface area contributed by atoms with E-state index in [0.29, 0.717) is 6.04 Å². The summed E-state index contributed by atoms with van der Waals surface area (Å²) in [6.45, 7) is 7.63. The predicted octanol–water partition coefficient (Wildman–Crippen LogP) is 4.62. The summed E-state index contributed by atoms with van der Waals surface area (Å²) in [5.41, 5.74) is 2.74. The van der Waals surface area contributed by atoms with E-state index in [9.17, 15) is 0 Å². The third kappa shape index (κ3) is 5.23. The first-order chi connectivity index (χ1) is 9.22. The van der Waals surface area contributed by atoms with Gasteiger partial charge in [-0.1, -0.05) is 45.6 Å². The van der Waals surface area contributed by atoms with Crippen LogP contribution >= 0.6 is 0 Å². The molecule has 0 heterocycles. The molecule has 1 unspecified atom stereocenters. The average Bonchev–Trinajstić information content (AvgIpc) is 2.42. The highest BCUT2D eigenvalue weighted by Gasteiger charge is 2.12. The van der Waals surface area contributed by atoms with Gasteiger partial charge in [0.25, 0.3) is 0 Å². The molecule has 0 aliphatic carbocycles. The first-order valence-electron chi connectivity index (χ1n) is 7.60. The fraction of sp³-hybridized carbons (Fsp3) is 0.647. The zero-order chi connectivity index (χ0) is 14.1. The average molecular weight is 263 g/mol. The van der Waals surface area contributed by atoms with Gasteiger partial charge in [-0.25, -0.2) is 0 Å². The molecular formula is C17H29NO. The maximum absolute atomic E-state index is 5.28. The van der Waals surface area contributed by atoms with Gasteiger partial charge < -0.3 is 10.1 Å². The minimum absolute atomic E-state index is 0.479. The Labute approximate surface area is 118 Å². The standard InChI is InChI=1S/C17H29NO/c1-5-7-8-9-10-17(18-6-2)16-12-11-15(19-4)13-14(16)3/h11-13,17-18H,5-10H2,1-4H3. The lowest BCUT2D eigenvalue weighted by Gasteiger charge is -2.21. The lowest BCUT2D eigenvalue weighted by Crippen LogP contribution is -2.21. The third-order valence-electron chi connectivity index (χ3n) is 3.65. The molecule has 0 bridgehead atoms. The van der Waals surface area contributed by atoms with Crippen molar-refractivity contribution in [2.24, 2.45) is 0 Å². The van der Waals surface area contributed by atoms with E-state index in [0.717, 1.165) is 12.3 Å². The molecule has 0 saturated carbocycles. The summed E-state index contributed by atoms with van der Waals surface area (Å²) >= 11 is 0. The lowest BCUT2D eigenvalue weighted by atomic mass is 9.96. The van der Waals surface area contributed by atoms with Crippen molar-refractivity contribution in [2.75, 3.05) is 13.7 Å². The highest BCUT2D eigenvalue weighted by molar-refractivity contribution is 5.36. The van der Waals surface area contributed by atoms with Crippen molar-refractivity contribution in [2.45, 2.75) is 58.9 Å². The fourth-order valence-electron chi connectivity index (χ4n) is 2.56. The van der Waals surface area contributed by atoms with Gasteiger partial charge in [-0.05, 0) is 43.1 Å². The van der Waals surface area contributed by atoms with Gasteiger partial charge in [0.2, 0.25) is 0 Å². The van der Waals surface area contributed by atoms with Gasteiger partial charge >= 0.3 is 0 Å². The Balaban J connectivity index is 2.69. The molecule has 2 heteroatoms. The van der Waals surface area contributed by atoms with Crippen LogP contribution in [0.15, 0.2) is 18.2 Å². The van der Waals surface area contributed by atoms with Crippen molar-refractivity contribution in [3.63, 3.8) is 0 Å². The molecule has 0 aliphatic heterocycles. The summed E-state index contributed by atoms with van der Waals surface area (Å²) < 4.78 is 5.28. The van der Waals surface area contributed by atoms with Crippen LogP contribution in [0.5, 0.6) is 5.75 Å². The molecule has 1 N–H and O–H groups in total. The van der Waals surface area contributed by atoms with E-state index in [2.05, 4.69) is 44.3 Å². The molecular weight excluding hydrogens is 234 g/mol. The van der Waals surface area contributed by atoms with E-state index in [1.54, 1.807) is 7.11 Å². The molecule has 108 valence electrons. The van der Waals surface area contributed by atoms with Crippen LogP contribution in [-0.4, -0.2) is 13.7 Å². The van der Waals surface area contributed by atoms with E-state index in [1.165, 1.54) is 43.2 Å². The van der Waals surface area contributed by atoms with E-state index in [-0.39, 0.29) is 0 Å². The van der Waals surface area contributed by atoms with Crippen molar-refractivity contribution < 1.29 is 4.74 Å². The Morgan fingerprint density at radius 3 is 2.53 bits per heavy atom. The number of rotatable bonds is 9. The second-order valence-electron chi connectivity index (χ2n) is 5.18. The maximum Gasteiger partial charge on any atom is 0.119 e. The fourth-order valence-corrected chi connectivity index (χ4v) is 2.56. The second-order valence-corrected chi connectivity index (χ2v) is 5.18. The number of hydrogen-bond acceptors (Lipinski definition) is 2. The normalized spacial score (nSPS) is 12.4. The number of nitrogens with one attached hydrogen (secondary N) is 1. The Morgan fingerprint density at radius 2 is 1.95 bits per heavy atom. The molecule has 0 fully saturated rings. The molecule has 2 nitrogen and oxygen atoms in total. The van der Waals surface area contributed by atoms with Crippen molar-refractivity contribution in [1.82, 2.24) is 5.32 Å². The summed E-state index contributed by atoms with van der Waals surface area (Å²) in [4.78, 5) is 0. The Bertz CT molecular complexity index is 362. The van der Waals surface area contributed by atoms with Crippen LogP contribution in [0.2, 0.25) is 0 Å². The van der Waals surface area contributed by atoms with E-state index >= 15 is 0 Å². The van der Waals surface area contributed by atoms with Crippen LogP contribution in [0.25, 0.3) is 0 Å². The Hall–Kier alpha value is -1.02. The number of unbranched alkanes of at least 4 members (excludes halogenated alkanes) is 3. The molecule has 1 aromatic rings. The van der Waals surface area contributed by atoms with Crippen LogP contribution in [0, 0.1) is 6.92 Å². The minimum Gasteiger partial charge on any atom is -0.497 e. The first-order valence-corrected chi connectivity index (χ1v) is 7.60. The van der Waals surface area contributed by atoms with Crippen molar-refractivity contribution in [1.29, 1.82) is 0 Å². The van der Waals surface area contributed by atoms with Crippen LogP contribution < -0.4 is 10.1 Å². The largest absolute Gasteiger partial charge is 0.497 e.